The Kier molecular flexibility index (Phi) is 8.95. The normalized spacial score (nSPS) is 11.4. The van der Waals surface area contributed by atoms with Crippen molar-refractivity contribution < 1.29 is 8.78 Å². The van der Waals surface area contributed by atoms with E-state index in [0.29, 0.717) is 34.2 Å². The Morgan fingerprint density at radius 2 is 0.797 bits per heavy atom. The van der Waals surface area contributed by atoms with E-state index in [9.17, 15) is 8.78 Å². The predicted octanol–water partition coefficient (Wildman–Crippen LogP) is 13.9. The second-order valence-corrected chi connectivity index (χ2v) is 15.0. The Morgan fingerprint density at radius 1 is 0.356 bits per heavy atom. The molecule has 8 aromatic carbocycles. The van der Waals surface area contributed by atoms with Crippen LogP contribution in [0.5, 0.6) is 0 Å². The first-order chi connectivity index (χ1) is 28.8. The SMILES string of the molecule is Cc1cccc(-c2ccc3c4ccc(-c5cccc(C)c5)cc4n(-c4ccc(-c5cc(F)cc(F)c5)cc4-c4nc(-c5ccccc5)nc(-c5ccccc5)n4)c3c2)c1. The van der Waals surface area contributed by atoms with Gasteiger partial charge in [-0.3, -0.25) is 0 Å². The van der Waals surface area contributed by atoms with Crippen LogP contribution in [0.2, 0.25) is 0 Å². The molecule has 0 atom stereocenters. The molecule has 2 heterocycles. The maximum atomic E-state index is 14.8. The van der Waals surface area contributed by atoms with Crippen molar-refractivity contribution in [1.29, 1.82) is 0 Å². The second kappa shape index (κ2) is 14.7. The first kappa shape index (κ1) is 35.8. The van der Waals surface area contributed by atoms with E-state index >= 15 is 0 Å². The highest BCUT2D eigenvalue weighted by Gasteiger charge is 2.22. The minimum absolute atomic E-state index is 0.404. The van der Waals surface area contributed by atoms with Crippen LogP contribution in [0.15, 0.2) is 182 Å². The van der Waals surface area contributed by atoms with Crippen molar-refractivity contribution >= 4 is 21.8 Å². The summed E-state index contributed by atoms with van der Waals surface area (Å²) in [6.45, 7) is 4.21. The topological polar surface area (TPSA) is 43.6 Å². The van der Waals surface area contributed by atoms with Crippen LogP contribution in [0.25, 0.3) is 95.0 Å². The van der Waals surface area contributed by atoms with Crippen molar-refractivity contribution in [1.82, 2.24) is 19.5 Å². The van der Waals surface area contributed by atoms with Gasteiger partial charge in [-0.1, -0.05) is 151 Å². The van der Waals surface area contributed by atoms with E-state index in [1.165, 1.54) is 23.3 Å². The maximum Gasteiger partial charge on any atom is 0.166 e. The lowest BCUT2D eigenvalue weighted by molar-refractivity contribution is 0.584. The molecule has 0 radical (unpaired) electrons. The summed E-state index contributed by atoms with van der Waals surface area (Å²) in [5, 5.41) is 2.17. The molecule has 0 saturated carbocycles. The van der Waals surface area contributed by atoms with Crippen LogP contribution in [-0.4, -0.2) is 19.5 Å². The molecule has 59 heavy (non-hydrogen) atoms. The average molecular weight is 767 g/mol. The zero-order valence-electron chi connectivity index (χ0n) is 32.4. The highest BCUT2D eigenvalue weighted by molar-refractivity contribution is 6.11. The summed E-state index contributed by atoms with van der Waals surface area (Å²) in [5.74, 6) is 0.129. The lowest BCUT2D eigenvalue weighted by Crippen LogP contribution is -2.04. The van der Waals surface area contributed by atoms with Gasteiger partial charge in [-0.2, -0.15) is 0 Å². The van der Waals surface area contributed by atoms with Crippen molar-refractivity contribution in [3.63, 3.8) is 0 Å². The predicted molar refractivity (Wildman–Crippen MR) is 236 cm³/mol. The molecule has 6 heteroatoms. The maximum absolute atomic E-state index is 14.8. The van der Waals surface area contributed by atoms with E-state index in [1.54, 1.807) is 0 Å². The van der Waals surface area contributed by atoms with Crippen LogP contribution in [0, 0.1) is 25.5 Å². The zero-order chi connectivity index (χ0) is 40.0. The molecule has 10 rings (SSSR count). The molecule has 2 aromatic heterocycles. The molecule has 0 unspecified atom stereocenters. The summed E-state index contributed by atoms with van der Waals surface area (Å²) >= 11 is 0. The minimum Gasteiger partial charge on any atom is -0.308 e. The van der Waals surface area contributed by atoms with Crippen molar-refractivity contribution in [2.45, 2.75) is 13.8 Å². The van der Waals surface area contributed by atoms with E-state index in [0.717, 1.165) is 66.9 Å². The molecule has 0 N–H and O–H groups in total. The van der Waals surface area contributed by atoms with Crippen LogP contribution in [0.4, 0.5) is 8.78 Å². The molecular weight excluding hydrogens is 731 g/mol. The molecule has 0 aliphatic heterocycles. The first-order valence-corrected chi connectivity index (χ1v) is 19.6. The summed E-state index contributed by atoms with van der Waals surface area (Å²) in [5.41, 5.74) is 12.9. The fraction of sp³-hybridized carbons (Fsp3) is 0.0377. The lowest BCUT2D eigenvalue weighted by atomic mass is 10.00. The molecule has 0 bridgehead atoms. The summed E-state index contributed by atoms with van der Waals surface area (Å²) in [7, 11) is 0. The Balaban J connectivity index is 1.31. The van der Waals surface area contributed by atoms with Crippen LogP contribution < -0.4 is 0 Å². The van der Waals surface area contributed by atoms with E-state index in [1.807, 2.05) is 78.9 Å². The summed E-state index contributed by atoms with van der Waals surface area (Å²) < 4.78 is 31.9. The minimum atomic E-state index is -0.654. The van der Waals surface area contributed by atoms with Gasteiger partial charge in [-0.25, -0.2) is 23.7 Å². The second-order valence-electron chi connectivity index (χ2n) is 15.0. The van der Waals surface area contributed by atoms with E-state index < -0.39 is 11.6 Å². The number of hydrogen-bond donors (Lipinski definition) is 0. The number of benzene rings is 8. The van der Waals surface area contributed by atoms with E-state index in [4.69, 9.17) is 15.0 Å². The summed E-state index contributed by atoms with van der Waals surface area (Å²) in [6, 6.07) is 59.4. The molecule has 0 amide bonds. The van der Waals surface area contributed by atoms with Crippen LogP contribution in [0.3, 0.4) is 0 Å². The van der Waals surface area contributed by atoms with Crippen LogP contribution in [0.1, 0.15) is 11.1 Å². The number of halogens is 2. The number of aromatic nitrogens is 4. The highest BCUT2D eigenvalue weighted by atomic mass is 19.1. The molecule has 0 aliphatic rings. The summed E-state index contributed by atoms with van der Waals surface area (Å²) in [4.78, 5) is 15.3. The lowest BCUT2D eigenvalue weighted by Gasteiger charge is -2.17. The highest BCUT2D eigenvalue weighted by Crippen LogP contribution is 2.41. The zero-order valence-corrected chi connectivity index (χ0v) is 32.4. The molecule has 4 nitrogen and oxygen atoms in total. The van der Waals surface area contributed by atoms with Crippen molar-refractivity contribution in [3.05, 3.63) is 205 Å². The average Bonchev–Trinajstić information content (AvgIpc) is 3.59. The van der Waals surface area contributed by atoms with Crippen molar-refractivity contribution in [2.75, 3.05) is 0 Å². The number of rotatable bonds is 7. The van der Waals surface area contributed by atoms with Crippen LogP contribution >= 0.6 is 0 Å². The van der Waals surface area contributed by atoms with Gasteiger partial charge < -0.3 is 4.57 Å². The fourth-order valence-electron chi connectivity index (χ4n) is 8.03. The third-order valence-electron chi connectivity index (χ3n) is 10.8. The largest absolute Gasteiger partial charge is 0.308 e. The third-order valence-corrected chi connectivity index (χ3v) is 10.8. The van der Waals surface area contributed by atoms with Gasteiger partial charge in [0.1, 0.15) is 11.6 Å². The fourth-order valence-corrected chi connectivity index (χ4v) is 8.03. The van der Waals surface area contributed by atoms with Gasteiger partial charge >= 0.3 is 0 Å². The smallest absolute Gasteiger partial charge is 0.166 e. The number of fused-ring (bicyclic) bond motifs is 3. The number of aryl methyl sites for hydroxylation is 2. The molecule has 0 fully saturated rings. The van der Waals surface area contributed by atoms with Crippen molar-refractivity contribution in [3.8, 4) is 73.2 Å². The van der Waals surface area contributed by atoms with Gasteiger partial charge in [0, 0.05) is 33.5 Å². The van der Waals surface area contributed by atoms with Gasteiger partial charge in [0.05, 0.1) is 16.7 Å². The first-order valence-electron chi connectivity index (χ1n) is 19.6. The van der Waals surface area contributed by atoms with Crippen LogP contribution in [-0.2, 0) is 0 Å². The van der Waals surface area contributed by atoms with Gasteiger partial charge in [-0.05, 0) is 83.6 Å². The quantitative estimate of drug-likeness (QED) is 0.162. The van der Waals surface area contributed by atoms with Gasteiger partial charge in [0.15, 0.2) is 17.5 Å². The van der Waals surface area contributed by atoms with Crippen molar-refractivity contribution in [2.24, 2.45) is 0 Å². The van der Waals surface area contributed by atoms with E-state index in [-0.39, 0.29) is 0 Å². The van der Waals surface area contributed by atoms with Gasteiger partial charge in [0.25, 0.3) is 0 Å². The molecule has 10 aromatic rings. The molecular formula is C53H36F2N4. The number of nitrogens with zero attached hydrogens (tertiary/aromatic N) is 4. The molecule has 282 valence electrons. The van der Waals surface area contributed by atoms with E-state index in [2.05, 4.69) is 103 Å². The summed E-state index contributed by atoms with van der Waals surface area (Å²) in [6.07, 6.45) is 0. The molecule has 0 aliphatic carbocycles. The van der Waals surface area contributed by atoms with Gasteiger partial charge in [0.2, 0.25) is 0 Å². The molecule has 0 saturated heterocycles. The Hall–Kier alpha value is -7.57. The van der Waals surface area contributed by atoms with Gasteiger partial charge in [-0.15, -0.1) is 0 Å². The monoisotopic (exact) mass is 766 g/mol. The Labute approximate surface area is 340 Å². The number of hydrogen-bond acceptors (Lipinski definition) is 3. The third kappa shape index (κ3) is 6.85. The Bertz CT molecular complexity index is 3030. The Morgan fingerprint density at radius 3 is 1.31 bits per heavy atom. The molecule has 0 spiro atoms. The standard InChI is InChI=1S/C53H36F2N4/c1-33-11-9-17-37(25-33)40-19-22-45-46-23-20-41(38-18-10-12-34(2)26-38)31-50(46)59(49(45)30-40)48-24-21-39(42-27-43(54)32-44(55)28-42)29-47(48)53-57-51(35-13-5-3-6-14-35)56-52(58-53)36-15-7-4-8-16-36/h3-32H,1-2H3.